The maximum Gasteiger partial charge on any atom is 0.136 e. The molecule has 3 unspecified atom stereocenters. The molecular weight excluding hydrogens is 172 g/mol. The number of rotatable bonds is 4. The zero-order valence-electron chi connectivity index (χ0n) is 9.46. The monoisotopic (exact) mass is 194 g/mol. The van der Waals surface area contributed by atoms with Crippen LogP contribution < -0.4 is 0 Å². The third kappa shape index (κ3) is 1.87. The first-order valence-corrected chi connectivity index (χ1v) is 6.26. The van der Waals surface area contributed by atoms with Gasteiger partial charge in [0.05, 0.1) is 0 Å². The Kier molecular flexibility index (Phi) is 2.94. The highest BCUT2D eigenvalue weighted by molar-refractivity contribution is 5.84. The standard InChI is InChI=1S/C13H22O/c1-3-9(2)8-12(14)13-10-6-4-5-7-11(10)13/h9-11,13H,3-8H2,1-2H3. The lowest BCUT2D eigenvalue weighted by atomic mass is 9.98. The number of carbonyl (C=O) groups excluding carboxylic acids is 1. The fourth-order valence-corrected chi connectivity index (χ4v) is 3.09. The molecule has 1 nitrogen and oxygen atoms in total. The van der Waals surface area contributed by atoms with Crippen molar-refractivity contribution in [3.63, 3.8) is 0 Å². The van der Waals surface area contributed by atoms with Gasteiger partial charge in [-0.2, -0.15) is 0 Å². The van der Waals surface area contributed by atoms with Crippen molar-refractivity contribution >= 4 is 5.78 Å². The van der Waals surface area contributed by atoms with Gasteiger partial charge in [0.15, 0.2) is 0 Å². The highest BCUT2D eigenvalue weighted by Gasteiger charge is 2.53. The van der Waals surface area contributed by atoms with Crippen molar-refractivity contribution in [2.75, 3.05) is 0 Å². The predicted molar refractivity (Wildman–Crippen MR) is 58.0 cm³/mol. The molecule has 1 heteroatoms. The Labute approximate surface area is 87.3 Å². The lowest BCUT2D eigenvalue weighted by Crippen LogP contribution is -2.08. The minimum atomic E-state index is 0.492. The molecule has 0 aromatic heterocycles. The minimum Gasteiger partial charge on any atom is -0.299 e. The summed E-state index contributed by atoms with van der Waals surface area (Å²) in [5.74, 6) is 3.29. The molecule has 0 bridgehead atoms. The molecule has 0 heterocycles. The van der Waals surface area contributed by atoms with E-state index in [2.05, 4.69) is 13.8 Å². The number of carbonyl (C=O) groups is 1. The van der Waals surface area contributed by atoms with Gasteiger partial charge in [0.25, 0.3) is 0 Å². The van der Waals surface area contributed by atoms with E-state index in [1.807, 2.05) is 0 Å². The zero-order chi connectivity index (χ0) is 10.1. The Morgan fingerprint density at radius 1 is 1.29 bits per heavy atom. The van der Waals surface area contributed by atoms with Crippen LogP contribution in [0.5, 0.6) is 0 Å². The first-order chi connectivity index (χ1) is 6.74. The van der Waals surface area contributed by atoms with E-state index < -0.39 is 0 Å². The topological polar surface area (TPSA) is 17.1 Å². The Bertz CT molecular complexity index is 209. The first-order valence-electron chi connectivity index (χ1n) is 6.26. The van der Waals surface area contributed by atoms with Crippen molar-refractivity contribution in [2.45, 2.75) is 52.4 Å². The van der Waals surface area contributed by atoms with Crippen LogP contribution in [0.25, 0.3) is 0 Å². The van der Waals surface area contributed by atoms with Crippen molar-refractivity contribution in [1.82, 2.24) is 0 Å². The van der Waals surface area contributed by atoms with Crippen LogP contribution in [0.15, 0.2) is 0 Å². The van der Waals surface area contributed by atoms with Gasteiger partial charge < -0.3 is 0 Å². The molecule has 80 valence electrons. The van der Waals surface area contributed by atoms with E-state index in [1.165, 1.54) is 25.7 Å². The number of hydrogen-bond acceptors (Lipinski definition) is 1. The lowest BCUT2D eigenvalue weighted by Gasteiger charge is -2.06. The fraction of sp³-hybridized carbons (Fsp3) is 0.923. The molecule has 0 N–H and O–H groups in total. The molecule has 0 radical (unpaired) electrons. The summed E-state index contributed by atoms with van der Waals surface area (Å²) in [5.41, 5.74) is 0. The molecule has 2 rings (SSSR count). The molecule has 2 aliphatic rings. The van der Waals surface area contributed by atoms with Crippen LogP contribution >= 0.6 is 0 Å². The van der Waals surface area contributed by atoms with E-state index in [0.717, 1.165) is 24.7 Å². The summed E-state index contributed by atoms with van der Waals surface area (Å²) >= 11 is 0. The van der Waals surface area contributed by atoms with Crippen LogP contribution in [0.3, 0.4) is 0 Å². The van der Waals surface area contributed by atoms with Crippen molar-refractivity contribution in [3.05, 3.63) is 0 Å². The molecule has 0 saturated heterocycles. The van der Waals surface area contributed by atoms with Gasteiger partial charge in [-0.1, -0.05) is 33.1 Å². The van der Waals surface area contributed by atoms with E-state index in [0.29, 0.717) is 17.6 Å². The van der Waals surface area contributed by atoms with Gasteiger partial charge in [-0.05, 0) is 30.6 Å². The molecule has 0 spiro atoms. The highest BCUT2D eigenvalue weighted by atomic mass is 16.1. The normalized spacial score (nSPS) is 37.4. The summed E-state index contributed by atoms with van der Waals surface area (Å²) in [7, 11) is 0. The largest absolute Gasteiger partial charge is 0.299 e. The van der Waals surface area contributed by atoms with Crippen LogP contribution in [0, 0.1) is 23.7 Å². The number of Topliss-reactive ketones (excluding diaryl/α,β-unsaturated/α-hetero) is 1. The highest BCUT2D eigenvalue weighted by Crippen LogP contribution is 2.56. The molecule has 0 aliphatic heterocycles. The van der Waals surface area contributed by atoms with Crippen LogP contribution in [-0.4, -0.2) is 5.78 Å². The van der Waals surface area contributed by atoms with Gasteiger partial charge in [-0.15, -0.1) is 0 Å². The number of ketones is 1. The van der Waals surface area contributed by atoms with Crippen molar-refractivity contribution in [2.24, 2.45) is 23.7 Å². The molecule has 2 aliphatic carbocycles. The third-order valence-electron chi connectivity index (χ3n) is 4.27. The number of hydrogen-bond donors (Lipinski definition) is 0. The van der Waals surface area contributed by atoms with Crippen LogP contribution in [0.4, 0.5) is 0 Å². The Balaban J connectivity index is 1.82. The van der Waals surface area contributed by atoms with Crippen molar-refractivity contribution < 1.29 is 4.79 Å². The first kappa shape index (κ1) is 10.2. The van der Waals surface area contributed by atoms with Crippen LogP contribution in [0.2, 0.25) is 0 Å². The molecule has 2 fully saturated rings. The summed E-state index contributed by atoms with van der Waals surface area (Å²) in [6.45, 7) is 4.38. The zero-order valence-corrected chi connectivity index (χ0v) is 9.46. The summed E-state index contributed by atoms with van der Waals surface area (Å²) in [4.78, 5) is 11.9. The lowest BCUT2D eigenvalue weighted by molar-refractivity contribution is -0.121. The van der Waals surface area contributed by atoms with Gasteiger partial charge in [0.2, 0.25) is 0 Å². The summed E-state index contributed by atoms with van der Waals surface area (Å²) in [6, 6.07) is 0. The van der Waals surface area contributed by atoms with E-state index in [4.69, 9.17) is 0 Å². The van der Waals surface area contributed by atoms with Gasteiger partial charge >= 0.3 is 0 Å². The maximum absolute atomic E-state index is 11.9. The molecular formula is C13H22O. The fourth-order valence-electron chi connectivity index (χ4n) is 3.09. The molecule has 14 heavy (non-hydrogen) atoms. The quantitative estimate of drug-likeness (QED) is 0.670. The van der Waals surface area contributed by atoms with Gasteiger partial charge in [0.1, 0.15) is 5.78 Å². The Morgan fingerprint density at radius 2 is 1.86 bits per heavy atom. The van der Waals surface area contributed by atoms with E-state index in [-0.39, 0.29) is 0 Å². The van der Waals surface area contributed by atoms with Gasteiger partial charge in [-0.3, -0.25) is 4.79 Å². The Hall–Kier alpha value is -0.330. The van der Waals surface area contributed by atoms with E-state index >= 15 is 0 Å². The Morgan fingerprint density at radius 3 is 2.36 bits per heavy atom. The van der Waals surface area contributed by atoms with Gasteiger partial charge in [0, 0.05) is 12.3 Å². The number of fused-ring (bicyclic) bond motifs is 1. The van der Waals surface area contributed by atoms with Crippen molar-refractivity contribution in [3.8, 4) is 0 Å². The molecule has 3 atom stereocenters. The average Bonchev–Trinajstić information content (AvgIpc) is 2.91. The van der Waals surface area contributed by atoms with Crippen LogP contribution in [0.1, 0.15) is 52.4 Å². The summed E-state index contributed by atoms with van der Waals surface area (Å²) in [6.07, 6.45) is 7.40. The molecule has 0 amide bonds. The maximum atomic E-state index is 11.9. The predicted octanol–water partition coefficient (Wildman–Crippen LogP) is 3.43. The molecule has 2 saturated carbocycles. The SMILES string of the molecule is CCC(C)CC(=O)C1C2CCCCC21. The van der Waals surface area contributed by atoms with E-state index in [9.17, 15) is 4.79 Å². The van der Waals surface area contributed by atoms with E-state index in [1.54, 1.807) is 0 Å². The third-order valence-corrected chi connectivity index (χ3v) is 4.27. The second-order valence-corrected chi connectivity index (χ2v) is 5.32. The van der Waals surface area contributed by atoms with Crippen molar-refractivity contribution in [1.29, 1.82) is 0 Å². The average molecular weight is 194 g/mol. The summed E-state index contributed by atoms with van der Waals surface area (Å²) in [5, 5.41) is 0. The minimum absolute atomic E-state index is 0.492. The second-order valence-electron chi connectivity index (χ2n) is 5.32. The smallest absolute Gasteiger partial charge is 0.136 e. The second kappa shape index (κ2) is 4.04. The van der Waals surface area contributed by atoms with Crippen LogP contribution in [-0.2, 0) is 4.79 Å². The van der Waals surface area contributed by atoms with Gasteiger partial charge in [-0.25, -0.2) is 0 Å². The molecule has 0 aromatic carbocycles. The molecule has 0 aromatic rings. The summed E-state index contributed by atoms with van der Waals surface area (Å²) < 4.78 is 0.